The molecule has 6 nitrogen and oxygen atoms in total. The molecular formula is C26H29N3O3. The van der Waals surface area contributed by atoms with Gasteiger partial charge in [-0.15, -0.1) is 0 Å². The molecule has 0 fully saturated rings. The molecule has 3 aromatic carbocycles. The van der Waals surface area contributed by atoms with E-state index in [1.165, 1.54) is 0 Å². The highest BCUT2D eigenvalue weighted by molar-refractivity contribution is 6.02. The minimum atomic E-state index is -0.324. The van der Waals surface area contributed by atoms with Crippen LogP contribution >= 0.6 is 0 Å². The minimum absolute atomic E-state index is 0.0461. The molecule has 0 aliphatic carbocycles. The fourth-order valence-electron chi connectivity index (χ4n) is 3.24. The van der Waals surface area contributed by atoms with Crippen LogP contribution in [-0.2, 0) is 9.59 Å². The van der Waals surface area contributed by atoms with Crippen molar-refractivity contribution < 1.29 is 14.3 Å². The van der Waals surface area contributed by atoms with E-state index in [1.807, 2.05) is 67.6 Å². The van der Waals surface area contributed by atoms with Crippen molar-refractivity contribution in [3.05, 3.63) is 71.8 Å². The average Bonchev–Trinajstić information content (AvgIpc) is 2.80. The molecule has 3 aromatic rings. The van der Waals surface area contributed by atoms with Crippen molar-refractivity contribution in [3.8, 4) is 5.75 Å². The number of aryl methyl sites for hydroxylation is 1. The highest BCUT2D eigenvalue weighted by Gasteiger charge is 2.09. The maximum Gasteiger partial charge on any atom is 0.240 e. The van der Waals surface area contributed by atoms with Gasteiger partial charge in [0.2, 0.25) is 11.8 Å². The molecule has 2 amide bonds. The number of carbonyl (C=O) groups is 2. The van der Waals surface area contributed by atoms with Crippen LogP contribution in [0.5, 0.6) is 5.75 Å². The highest BCUT2D eigenvalue weighted by Crippen LogP contribution is 2.27. The van der Waals surface area contributed by atoms with E-state index in [0.717, 1.165) is 46.2 Å². The number of nitrogens with zero attached hydrogens (tertiary/aromatic N) is 1. The molecule has 0 heterocycles. The van der Waals surface area contributed by atoms with Crippen LogP contribution in [0.3, 0.4) is 0 Å². The van der Waals surface area contributed by atoms with Crippen molar-refractivity contribution in [2.45, 2.75) is 39.5 Å². The maximum atomic E-state index is 12.2. The smallest absolute Gasteiger partial charge is 0.240 e. The van der Waals surface area contributed by atoms with E-state index < -0.39 is 0 Å². The number of nitrogens with one attached hydrogen (secondary N) is 2. The zero-order valence-electron chi connectivity index (χ0n) is 18.6. The highest BCUT2D eigenvalue weighted by atomic mass is 16.5. The molecule has 0 saturated carbocycles. The number of hydrazone groups is 1. The largest absolute Gasteiger partial charge is 0.493 e. The lowest BCUT2D eigenvalue weighted by molar-refractivity contribution is -0.124. The molecule has 32 heavy (non-hydrogen) atoms. The van der Waals surface area contributed by atoms with Crippen LogP contribution in [-0.4, -0.2) is 24.6 Å². The average molecular weight is 432 g/mol. The van der Waals surface area contributed by atoms with Crippen LogP contribution in [0.2, 0.25) is 0 Å². The van der Waals surface area contributed by atoms with E-state index in [4.69, 9.17) is 4.74 Å². The Hall–Kier alpha value is -3.67. The second kappa shape index (κ2) is 11.6. The topological polar surface area (TPSA) is 79.8 Å². The van der Waals surface area contributed by atoms with E-state index in [0.29, 0.717) is 6.61 Å². The summed E-state index contributed by atoms with van der Waals surface area (Å²) in [5.74, 6) is 0.196. The Morgan fingerprint density at radius 2 is 1.72 bits per heavy atom. The number of hydrogen-bond acceptors (Lipinski definition) is 4. The van der Waals surface area contributed by atoms with Crippen LogP contribution in [0.25, 0.3) is 10.8 Å². The predicted molar refractivity (Wildman–Crippen MR) is 129 cm³/mol. The van der Waals surface area contributed by atoms with Crippen LogP contribution in [0.1, 0.15) is 43.7 Å². The zero-order valence-corrected chi connectivity index (χ0v) is 18.6. The van der Waals surface area contributed by atoms with Crippen molar-refractivity contribution in [2.24, 2.45) is 5.10 Å². The first-order valence-electron chi connectivity index (χ1n) is 10.9. The molecule has 0 bridgehead atoms. The molecule has 0 radical (unpaired) electrons. The summed E-state index contributed by atoms with van der Waals surface area (Å²) in [6.07, 6.45) is 3.74. The van der Waals surface area contributed by atoms with Gasteiger partial charge in [-0.05, 0) is 41.8 Å². The van der Waals surface area contributed by atoms with Crippen molar-refractivity contribution in [2.75, 3.05) is 11.9 Å². The fraction of sp³-hybridized carbons (Fsp3) is 0.269. The number of unbranched alkanes of at least 4 members (excludes halogenated alkanes) is 1. The Morgan fingerprint density at radius 3 is 2.53 bits per heavy atom. The molecule has 2 N–H and O–H groups in total. The minimum Gasteiger partial charge on any atom is -0.493 e. The maximum absolute atomic E-state index is 12.2. The lowest BCUT2D eigenvalue weighted by Gasteiger charge is -2.11. The Labute approximate surface area is 188 Å². The first-order valence-corrected chi connectivity index (χ1v) is 10.9. The number of amides is 2. The van der Waals surface area contributed by atoms with Crippen molar-refractivity contribution in [3.63, 3.8) is 0 Å². The molecule has 3 rings (SSSR count). The van der Waals surface area contributed by atoms with Crippen LogP contribution in [0.4, 0.5) is 5.69 Å². The molecule has 0 saturated heterocycles. The van der Waals surface area contributed by atoms with Gasteiger partial charge in [0.05, 0.1) is 12.8 Å². The van der Waals surface area contributed by atoms with Gasteiger partial charge >= 0.3 is 0 Å². The molecule has 166 valence electrons. The normalized spacial score (nSPS) is 10.9. The van der Waals surface area contributed by atoms with Gasteiger partial charge in [0.15, 0.2) is 0 Å². The lowest BCUT2D eigenvalue weighted by Crippen LogP contribution is -2.21. The quantitative estimate of drug-likeness (QED) is 0.263. The molecule has 0 aromatic heterocycles. The zero-order chi connectivity index (χ0) is 22.8. The summed E-state index contributed by atoms with van der Waals surface area (Å²) in [5.41, 5.74) is 5.06. The molecular weight excluding hydrogens is 402 g/mol. The fourth-order valence-corrected chi connectivity index (χ4v) is 3.24. The van der Waals surface area contributed by atoms with Gasteiger partial charge in [-0.1, -0.05) is 61.9 Å². The van der Waals surface area contributed by atoms with Gasteiger partial charge in [-0.2, -0.15) is 5.10 Å². The van der Waals surface area contributed by atoms with Crippen LogP contribution in [0.15, 0.2) is 65.8 Å². The van der Waals surface area contributed by atoms with Crippen LogP contribution < -0.4 is 15.5 Å². The molecule has 6 heteroatoms. The third-order valence-corrected chi connectivity index (χ3v) is 5.07. The van der Waals surface area contributed by atoms with Gasteiger partial charge in [0.25, 0.3) is 0 Å². The first-order chi connectivity index (χ1) is 15.6. The van der Waals surface area contributed by atoms with E-state index in [2.05, 4.69) is 22.8 Å². The number of carbonyl (C=O) groups excluding carboxylic acids is 2. The monoisotopic (exact) mass is 431 g/mol. The molecule has 0 spiro atoms. The summed E-state index contributed by atoms with van der Waals surface area (Å²) < 4.78 is 5.93. The molecule has 0 unspecified atom stereocenters. The van der Waals surface area contributed by atoms with Gasteiger partial charge in [0.1, 0.15) is 5.75 Å². The van der Waals surface area contributed by atoms with Gasteiger partial charge in [-0.3, -0.25) is 9.59 Å². The second-order valence-electron chi connectivity index (χ2n) is 7.56. The SMILES string of the molecule is CCCCOc1ccc2ccccc2c1C=NNC(=O)CCC(=O)Nc1ccccc1C. The van der Waals surface area contributed by atoms with Crippen molar-refractivity contribution >= 4 is 34.5 Å². The second-order valence-corrected chi connectivity index (χ2v) is 7.56. The number of hydrogen-bond donors (Lipinski definition) is 2. The molecule has 0 atom stereocenters. The standard InChI is InChI=1S/C26H29N3O3/c1-3-4-17-32-24-14-13-20-10-6-7-11-21(20)22(24)18-27-29-26(31)16-15-25(30)28-23-12-8-5-9-19(23)2/h5-14,18H,3-4,15-17H2,1-2H3,(H,28,30)(H,29,31). The number of rotatable bonds is 10. The first kappa shape index (κ1) is 23.0. The third kappa shape index (κ3) is 6.41. The van der Waals surface area contributed by atoms with E-state index in [9.17, 15) is 9.59 Å². The molecule has 0 aliphatic rings. The summed E-state index contributed by atoms with van der Waals surface area (Å²) in [6, 6.07) is 19.4. The summed E-state index contributed by atoms with van der Waals surface area (Å²) in [6.45, 7) is 4.66. The summed E-state index contributed by atoms with van der Waals surface area (Å²) in [7, 11) is 0. The van der Waals surface area contributed by atoms with Gasteiger partial charge < -0.3 is 10.1 Å². The van der Waals surface area contributed by atoms with E-state index >= 15 is 0 Å². The Balaban J connectivity index is 1.59. The Morgan fingerprint density at radius 1 is 0.969 bits per heavy atom. The Kier molecular flexibility index (Phi) is 8.37. The number of fused-ring (bicyclic) bond motifs is 1. The van der Waals surface area contributed by atoms with Crippen molar-refractivity contribution in [1.82, 2.24) is 5.43 Å². The van der Waals surface area contributed by atoms with Crippen LogP contribution in [0, 0.1) is 6.92 Å². The summed E-state index contributed by atoms with van der Waals surface area (Å²) >= 11 is 0. The number of ether oxygens (including phenoxy) is 1. The number of benzene rings is 3. The summed E-state index contributed by atoms with van der Waals surface area (Å²) in [4.78, 5) is 24.3. The van der Waals surface area contributed by atoms with Gasteiger partial charge in [0, 0.05) is 24.1 Å². The lowest BCUT2D eigenvalue weighted by atomic mass is 10.0. The number of para-hydroxylation sites is 1. The Bertz CT molecular complexity index is 1110. The molecule has 0 aliphatic heterocycles. The summed E-state index contributed by atoms with van der Waals surface area (Å²) in [5, 5.41) is 9.01. The van der Waals surface area contributed by atoms with Gasteiger partial charge in [-0.25, -0.2) is 5.43 Å². The van der Waals surface area contributed by atoms with Crippen molar-refractivity contribution in [1.29, 1.82) is 0 Å². The predicted octanol–water partition coefficient (Wildman–Crippen LogP) is 5.20. The van der Waals surface area contributed by atoms with E-state index in [-0.39, 0.29) is 24.7 Å². The van der Waals surface area contributed by atoms with E-state index in [1.54, 1.807) is 6.21 Å². The number of anilines is 1. The third-order valence-electron chi connectivity index (χ3n) is 5.07.